The molecule has 1 amide bonds. The zero-order chi connectivity index (χ0) is 21.5. The molecule has 0 fully saturated rings. The molecule has 3 rings (SSSR count). The van der Waals surface area contributed by atoms with Gasteiger partial charge in [0.1, 0.15) is 5.75 Å². The molecule has 0 heterocycles. The summed E-state index contributed by atoms with van der Waals surface area (Å²) in [5, 5.41) is 13.6. The Morgan fingerprint density at radius 3 is 2.57 bits per heavy atom. The van der Waals surface area contributed by atoms with Crippen molar-refractivity contribution >= 4 is 34.0 Å². The number of rotatable bonds is 6. The van der Waals surface area contributed by atoms with Crippen LogP contribution < -0.4 is 14.9 Å². The molecule has 8 heteroatoms. The maximum absolute atomic E-state index is 12.3. The highest BCUT2D eigenvalue weighted by atomic mass is 79.9. The van der Waals surface area contributed by atoms with Gasteiger partial charge in [-0.2, -0.15) is 5.10 Å². The molecule has 30 heavy (non-hydrogen) atoms. The molecular formula is C22H17BrN2O5. The van der Waals surface area contributed by atoms with Crippen molar-refractivity contribution in [1.29, 1.82) is 0 Å². The number of esters is 1. The lowest BCUT2D eigenvalue weighted by atomic mass is 10.2. The number of methoxy groups -OCH3 is 1. The van der Waals surface area contributed by atoms with Crippen molar-refractivity contribution < 1.29 is 24.2 Å². The fourth-order valence-electron chi connectivity index (χ4n) is 2.51. The summed E-state index contributed by atoms with van der Waals surface area (Å²) in [6.07, 6.45) is 1.40. The minimum absolute atomic E-state index is 0.113. The van der Waals surface area contributed by atoms with E-state index in [1.54, 1.807) is 48.5 Å². The summed E-state index contributed by atoms with van der Waals surface area (Å²) in [5.74, 6) is -0.627. The number of phenolic OH excluding ortho intramolecular Hbond substituents is 1. The number of hydrazone groups is 1. The number of carbonyl (C=O) groups is 2. The Labute approximate surface area is 181 Å². The molecule has 0 spiro atoms. The number of ether oxygens (including phenoxy) is 2. The van der Waals surface area contributed by atoms with Gasteiger partial charge < -0.3 is 14.6 Å². The molecule has 152 valence electrons. The second-order valence-electron chi connectivity index (χ2n) is 6.03. The lowest BCUT2D eigenvalue weighted by Crippen LogP contribution is -2.17. The Bertz CT molecular complexity index is 1110. The van der Waals surface area contributed by atoms with Crippen molar-refractivity contribution in [3.63, 3.8) is 0 Å². The quantitative estimate of drug-likeness (QED) is 0.245. The molecule has 0 aliphatic heterocycles. The number of carbonyl (C=O) groups excluding carboxylic acids is 2. The van der Waals surface area contributed by atoms with Crippen LogP contribution in [-0.2, 0) is 0 Å². The van der Waals surface area contributed by atoms with E-state index in [-0.39, 0.29) is 17.1 Å². The van der Waals surface area contributed by atoms with E-state index in [2.05, 4.69) is 26.5 Å². The molecule has 7 nitrogen and oxygen atoms in total. The van der Waals surface area contributed by atoms with Gasteiger partial charge in [-0.25, -0.2) is 10.2 Å². The van der Waals surface area contributed by atoms with E-state index >= 15 is 0 Å². The Hall–Kier alpha value is -3.65. The second-order valence-corrected chi connectivity index (χ2v) is 6.94. The summed E-state index contributed by atoms with van der Waals surface area (Å²) >= 11 is 3.32. The summed E-state index contributed by atoms with van der Waals surface area (Å²) in [5.41, 5.74) is 3.45. The predicted octanol–water partition coefficient (Wildman–Crippen LogP) is 4.15. The lowest BCUT2D eigenvalue weighted by Gasteiger charge is -2.10. The van der Waals surface area contributed by atoms with E-state index in [9.17, 15) is 14.7 Å². The summed E-state index contributed by atoms with van der Waals surface area (Å²) in [6, 6.07) is 17.8. The standard InChI is InChI=1S/C22H17BrN2O5/c1-29-20-11-14(13-24-25-21(27)17-7-2-3-8-18(17)26)9-10-19(20)30-22(28)15-5-4-6-16(23)12-15/h2-13,26H,1H3,(H,25,27)/b24-13-. The van der Waals surface area contributed by atoms with Gasteiger partial charge in [0.2, 0.25) is 0 Å². The number of halogens is 1. The number of amides is 1. The number of aromatic hydroxyl groups is 1. The molecule has 0 aliphatic carbocycles. The molecule has 0 unspecified atom stereocenters. The van der Waals surface area contributed by atoms with Gasteiger partial charge in [-0.15, -0.1) is 0 Å². The number of para-hydroxylation sites is 1. The van der Waals surface area contributed by atoms with Gasteiger partial charge in [0, 0.05) is 4.47 Å². The molecule has 0 saturated carbocycles. The smallest absolute Gasteiger partial charge is 0.343 e. The first kappa shape index (κ1) is 21.1. The van der Waals surface area contributed by atoms with Gasteiger partial charge in [0.15, 0.2) is 11.5 Å². The van der Waals surface area contributed by atoms with Crippen LogP contribution in [-0.4, -0.2) is 30.3 Å². The van der Waals surface area contributed by atoms with Crippen LogP contribution in [0.15, 0.2) is 76.3 Å². The SMILES string of the molecule is COc1cc(/C=N\NC(=O)c2ccccc2O)ccc1OC(=O)c1cccc(Br)c1. The van der Waals surface area contributed by atoms with Crippen LogP contribution >= 0.6 is 15.9 Å². The molecule has 0 aromatic heterocycles. The van der Waals surface area contributed by atoms with Crippen molar-refractivity contribution in [2.45, 2.75) is 0 Å². The molecule has 3 aromatic carbocycles. The fraction of sp³-hybridized carbons (Fsp3) is 0.0455. The van der Waals surface area contributed by atoms with Gasteiger partial charge in [0.05, 0.1) is 24.5 Å². The minimum atomic E-state index is -0.545. The highest BCUT2D eigenvalue weighted by Gasteiger charge is 2.13. The minimum Gasteiger partial charge on any atom is -0.507 e. The molecule has 0 bridgehead atoms. The van der Waals surface area contributed by atoms with E-state index < -0.39 is 11.9 Å². The van der Waals surface area contributed by atoms with E-state index in [1.807, 2.05) is 6.07 Å². The Kier molecular flexibility index (Phi) is 6.82. The van der Waals surface area contributed by atoms with Crippen LogP contribution in [0.4, 0.5) is 0 Å². The number of hydrogen-bond donors (Lipinski definition) is 2. The zero-order valence-corrected chi connectivity index (χ0v) is 17.4. The molecule has 3 aromatic rings. The van der Waals surface area contributed by atoms with E-state index in [0.717, 1.165) is 4.47 Å². The third-order valence-corrected chi connectivity index (χ3v) is 4.47. The first-order chi connectivity index (χ1) is 14.5. The van der Waals surface area contributed by atoms with Gasteiger partial charge in [0.25, 0.3) is 5.91 Å². The van der Waals surface area contributed by atoms with Gasteiger partial charge >= 0.3 is 5.97 Å². The average Bonchev–Trinajstić information content (AvgIpc) is 2.74. The van der Waals surface area contributed by atoms with Gasteiger partial charge in [-0.3, -0.25) is 4.79 Å². The fourth-order valence-corrected chi connectivity index (χ4v) is 2.91. The van der Waals surface area contributed by atoms with Crippen molar-refractivity contribution in [3.8, 4) is 17.2 Å². The van der Waals surface area contributed by atoms with E-state index in [1.165, 1.54) is 25.5 Å². The van der Waals surface area contributed by atoms with Gasteiger partial charge in [-0.1, -0.05) is 34.1 Å². The van der Waals surface area contributed by atoms with Crippen molar-refractivity contribution in [1.82, 2.24) is 5.43 Å². The number of nitrogens with zero attached hydrogens (tertiary/aromatic N) is 1. The molecule has 0 saturated heterocycles. The number of nitrogens with one attached hydrogen (secondary N) is 1. The van der Waals surface area contributed by atoms with Crippen LogP contribution in [0.2, 0.25) is 0 Å². The van der Waals surface area contributed by atoms with Crippen LogP contribution in [0.1, 0.15) is 26.3 Å². The summed E-state index contributed by atoms with van der Waals surface area (Å²) in [6.45, 7) is 0. The number of hydrogen-bond acceptors (Lipinski definition) is 6. The van der Waals surface area contributed by atoms with Crippen molar-refractivity contribution in [2.24, 2.45) is 5.10 Å². The predicted molar refractivity (Wildman–Crippen MR) is 115 cm³/mol. The zero-order valence-electron chi connectivity index (χ0n) is 15.8. The van der Waals surface area contributed by atoms with Crippen LogP contribution in [0, 0.1) is 0 Å². The highest BCUT2D eigenvalue weighted by molar-refractivity contribution is 9.10. The normalized spacial score (nSPS) is 10.6. The van der Waals surface area contributed by atoms with Crippen LogP contribution in [0.3, 0.4) is 0 Å². The Morgan fingerprint density at radius 2 is 1.83 bits per heavy atom. The second kappa shape index (κ2) is 9.71. The first-order valence-corrected chi connectivity index (χ1v) is 9.54. The Morgan fingerprint density at radius 1 is 1.03 bits per heavy atom. The maximum atomic E-state index is 12.3. The lowest BCUT2D eigenvalue weighted by molar-refractivity contribution is 0.0729. The third kappa shape index (κ3) is 5.24. The van der Waals surface area contributed by atoms with Crippen molar-refractivity contribution in [2.75, 3.05) is 7.11 Å². The summed E-state index contributed by atoms with van der Waals surface area (Å²) in [4.78, 5) is 24.4. The molecule has 0 radical (unpaired) electrons. The first-order valence-electron chi connectivity index (χ1n) is 8.75. The number of phenols is 1. The largest absolute Gasteiger partial charge is 0.507 e. The molecule has 2 N–H and O–H groups in total. The monoisotopic (exact) mass is 468 g/mol. The van der Waals surface area contributed by atoms with Gasteiger partial charge in [-0.05, 0) is 54.1 Å². The average molecular weight is 469 g/mol. The third-order valence-electron chi connectivity index (χ3n) is 3.98. The molecule has 0 atom stereocenters. The summed E-state index contributed by atoms with van der Waals surface area (Å²) in [7, 11) is 1.45. The van der Waals surface area contributed by atoms with Crippen molar-refractivity contribution in [3.05, 3.63) is 87.9 Å². The van der Waals surface area contributed by atoms with E-state index in [0.29, 0.717) is 16.9 Å². The Balaban J connectivity index is 1.69. The number of benzene rings is 3. The van der Waals surface area contributed by atoms with E-state index in [4.69, 9.17) is 9.47 Å². The molecular weight excluding hydrogens is 452 g/mol. The maximum Gasteiger partial charge on any atom is 0.343 e. The summed E-state index contributed by atoms with van der Waals surface area (Å²) < 4.78 is 11.5. The van der Waals surface area contributed by atoms with Crippen LogP contribution in [0.25, 0.3) is 0 Å². The topological polar surface area (TPSA) is 97.2 Å². The highest BCUT2D eigenvalue weighted by Crippen LogP contribution is 2.28. The van der Waals surface area contributed by atoms with Crippen LogP contribution in [0.5, 0.6) is 17.2 Å². The molecule has 0 aliphatic rings.